The molecule has 1 aromatic carbocycles. The maximum Gasteiger partial charge on any atom is 0.148 e. The van der Waals surface area contributed by atoms with E-state index in [-0.39, 0.29) is 0 Å². The van der Waals surface area contributed by atoms with Crippen LogP contribution in [0, 0.1) is 0 Å². The highest BCUT2D eigenvalue weighted by molar-refractivity contribution is 8.32. The molecule has 2 aromatic rings. The van der Waals surface area contributed by atoms with Crippen LogP contribution in [0.5, 0.6) is 0 Å². The van der Waals surface area contributed by atoms with Crippen LogP contribution in [0.3, 0.4) is 0 Å². The monoisotopic (exact) mass is 194 g/mol. The molecule has 0 unspecified atom stereocenters. The standard InChI is InChI=1S/C10H14N2S/c1-13(2,3)10-11-8-6-4-5-7-9(8)12-10/h4-7H,1-3H3,(H,11,12). The molecule has 0 fully saturated rings. The van der Waals surface area contributed by atoms with E-state index in [4.69, 9.17) is 0 Å². The smallest absolute Gasteiger partial charge is 0.148 e. The third-order valence-electron chi connectivity index (χ3n) is 1.95. The zero-order valence-electron chi connectivity index (χ0n) is 8.16. The molecule has 0 saturated carbocycles. The Hall–Kier alpha value is -0.960. The van der Waals surface area contributed by atoms with E-state index in [1.807, 2.05) is 18.2 Å². The highest BCUT2D eigenvalue weighted by Crippen LogP contribution is 2.43. The Morgan fingerprint density at radius 2 is 1.85 bits per heavy atom. The van der Waals surface area contributed by atoms with Crippen molar-refractivity contribution in [3.8, 4) is 0 Å². The summed E-state index contributed by atoms with van der Waals surface area (Å²) in [6.45, 7) is 0. The number of fused-ring (bicyclic) bond motifs is 1. The largest absolute Gasteiger partial charge is 0.334 e. The summed E-state index contributed by atoms with van der Waals surface area (Å²) in [7, 11) is -0.731. The summed E-state index contributed by atoms with van der Waals surface area (Å²) >= 11 is 0. The van der Waals surface area contributed by atoms with E-state index in [9.17, 15) is 0 Å². The van der Waals surface area contributed by atoms with E-state index < -0.39 is 10.0 Å². The van der Waals surface area contributed by atoms with Gasteiger partial charge in [0.05, 0.1) is 11.0 Å². The van der Waals surface area contributed by atoms with Crippen LogP contribution in [0.25, 0.3) is 11.0 Å². The SMILES string of the molecule is CS(C)(C)c1nc2ccccc2[nH]1. The van der Waals surface area contributed by atoms with E-state index in [0.717, 1.165) is 16.2 Å². The molecule has 0 amide bonds. The number of rotatable bonds is 1. The van der Waals surface area contributed by atoms with Crippen LogP contribution < -0.4 is 0 Å². The molecule has 13 heavy (non-hydrogen) atoms. The van der Waals surface area contributed by atoms with E-state index in [2.05, 4.69) is 34.8 Å². The Kier molecular flexibility index (Phi) is 1.84. The number of hydrogen-bond acceptors (Lipinski definition) is 1. The number of hydrogen-bond donors (Lipinski definition) is 1. The fourth-order valence-corrected chi connectivity index (χ4v) is 2.01. The lowest BCUT2D eigenvalue weighted by Crippen LogP contribution is -1.94. The van der Waals surface area contributed by atoms with E-state index in [1.54, 1.807) is 0 Å². The Morgan fingerprint density at radius 1 is 1.15 bits per heavy atom. The second-order valence-corrected chi connectivity index (χ2v) is 7.96. The number of nitrogens with zero attached hydrogens (tertiary/aromatic N) is 1. The number of imidazole rings is 1. The molecule has 70 valence electrons. The lowest BCUT2D eigenvalue weighted by Gasteiger charge is -2.21. The van der Waals surface area contributed by atoms with Crippen molar-refractivity contribution in [2.75, 3.05) is 18.8 Å². The van der Waals surface area contributed by atoms with Crippen molar-refractivity contribution in [3.05, 3.63) is 24.3 Å². The summed E-state index contributed by atoms with van der Waals surface area (Å²) < 4.78 is 0. The lowest BCUT2D eigenvalue weighted by molar-refractivity contribution is 1.07. The lowest BCUT2D eigenvalue weighted by atomic mass is 10.3. The molecule has 3 heteroatoms. The molecule has 1 heterocycles. The maximum atomic E-state index is 4.57. The van der Waals surface area contributed by atoms with Crippen LogP contribution >= 0.6 is 10.0 Å². The Labute approximate surface area is 79.7 Å². The van der Waals surface area contributed by atoms with Gasteiger partial charge in [0.2, 0.25) is 0 Å². The Morgan fingerprint density at radius 3 is 2.46 bits per heavy atom. The first-order chi connectivity index (χ1) is 6.07. The summed E-state index contributed by atoms with van der Waals surface area (Å²) in [4.78, 5) is 7.93. The van der Waals surface area contributed by atoms with Gasteiger partial charge in [0.25, 0.3) is 0 Å². The minimum absolute atomic E-state index is 0.731. The van der Waals surface area contributed by atoms with Crippen molar-refractivity contribution < 1.29 is 0 Å². The van der Waals surface area contributed by atoms with Crippen molar-refractivity contribution in [1.82, 2.24) is 9.97 Å². The summed E-state index contributed by atoms with van der Waals surface area (Å²) in [5.41, 5.74) is 2.21. The molecular formula is C10H14N2S. The molecular weight excluding hydrogens is 180 g/mol. The molecule has 0 radical (unpaired) electrons. The zero-order valence-corrected chi connectivity index (χ0v) is 8.98. The van der Waals surface area contributed by atoms with Gasteiger partial charge in [0, 0.05) is 0 Å². The number of para-hydroxylation sites is 2. The van der Waals surface area contributed by atoms with Gasteiger partial charge in [-0.05, 0) is 30.9 Å². The predicted molar refractivity (Wildman–Crippen MR) is 59.7 cm³/mol. The van der Waals surface area contributed by atoms with Gasteiger partial charge in [0.15, 0.2) is 0 Å². The van der Waals surface area contributed by atoms with Gasteiger partial charge >= 0.3 is 0 Å². The third kappa shape index (κ3) is 1.56. The van der Waals surface area contributed by atoms with Crippen LogP contribution in [0.2, 0.25) is 0 Å². The highest BCUT2D eigenvalue weighted by Gasteiger charge is 2.12. The summed E-state index contributed by atoms with van der Waals surface area (Å²) in [5, 5.41) is 1.13. The second kappa shape index (κ2) is 2.77. The van der Waals surface area contributed by atoms with Gasteiger partial charge in [-0.15, -0.1) is 0 Å². The van der Waals surface area contributed by atoms with Crippen molar-refractivity contribution >= 4 is 21.1 Å². The van der Waals surface area contributed by atoms with Gasteiger partial charge in [-0.1, -0.05) is 12.1 Å². The Balaban J connectivity index is 2.63. The van der Waals surface area contributed by atoms with Crippen LogP contribution in [0.1, 0.15) is 0 Å². The van der Waals surface area contributed by atoms with Crippen LogP contribution in [0.15, 0.2) is 29.4 Å². The quantitative estimate of drug-likeness (QED) is 0.742. The molecule has 0 aliphatic carbocycles. The maximum absolute atomic E-state index is 4.57. The van der Waals surface area contributed by atoms with Gasteiger partial charge in [-0.25, -0.2) is 4.98 Å². The summed E-state index contributed by atoms with van der Waals surface area (Å²) in [5.74, 6) is 0. The molecule has 0 saturated heterocycles. The molecule has 0 aliphatic rings. The van der Waals surface area contributed by atoms with Crippen molar-refractivity contribution in [3.63, 3.8) is 0 Å². The van der Waals surface area contributed by atoms with Crippen molar-refractivity contribution in [2.45, 2.75) is 5.16 Å². The number of H-pyrrole nitrogens is 1. The molecule has 0 spiro atoms. The Bertz CT molecular complexity index is 393. The van der Waals surface area contributed by atoms with Crippen molar-refractivity contribution in [2.24, 2.45) is 0 Å². The van der Waals surface area contributed by atoms with E-state index in [1.165, 1.54) is 0 Å². The number of aromatic amines is 1. The molecule has 2 nitrogen and oxygen atoms in total. The second-order valence-electron chi connectivity index (χ2n) is 3.90. The first-order valence-electron chi connectivity index (χ1n) is 4.20. The predicted octanol–water partition coefficient (Wildman–Crippen LogP) is 2.62. The normalized spacial score (nSPS) is 13.5. The minimum atomic E-state index is -0.731. The minimum Gasteiger partial charge on any atom is -0.334 e. The highest BCUT2D eigenvalue weighted by atomic mass is 32.3. The third-order valence-corrected chi connectivity index (χ3v) is 3.30. The molecule has 0 bridgehead atoms. The summed E-state index contributed by atoms with van der Waals surface area (Å²) in [6, 6.07) is 8.16. The fourth-order valence-electron chi connectivity index (χ4n) is 1.22. The number of aromatic nitrogens is 2. The first kappa shape index (κ1) is 8.63. The van der Waals surface area contributed by atoms with Crippen LogP contribution in [0.4, 0.5) is 0 Å². The molecule has 1 aromatic heterocycles. The molecule has 0 aliphatic heterocycles. The number of nitrogens with one attached hydrogen (secondary N) is 1. The molecule has 2 rings (SSSR count). The number of benzene rings is 1. The average Bonchev–Trinajstić information content (AvgIpc) is 2.45. The van der Waals surface area contributed by atoms with Gasteiger partial charge in [-0.3, -0.25) is 0 Å². The first-order valence-corrected chi connectivity index (χ1v) is 7.06. The summed E-state index contributed by atoms with van der Waals surface area (Å²) in [6.07, 6.45) is 6.72. The topological polar surface area (TPSA) is 28.7 Å². The fraction of sp³-hybridized carbons (Fsp3) is 0.300. The zero-order chi connectivity index (χ0) is 9.47. The van der Waals surface area contributed by atoms with Gasteiger partial charge < -0.3 is 4.98 Å². The van der Waals surface area contributed by atoms with E-state index >= 15 is 0 Å². The average molecular weight is 194 g/mol. The van der Waals surface area contributed by atoms with Gasteiger partial charge in [-0.2, -0.15) is 10.0 Å². The van der Waals surface area contributed by atoms with Crippen LogP contribution in [-0.2, 0) is 0 Å². The van der Waals surface area contributed by atoms with Gasteiger partial charge in [0.1, 0.15) is 5.16 Å². The molecule has 1 N–H and O–H groups in total. The van der Waals surface area contributed by atoms with E-state index in [0.29, 0.717) is 0 Å². The van der Waals surface area contributed by atoms with Crippen molar-refractivity contribution in [1.29, 1.82) is 0 Å². The molecule has 0 atom stereocenters. The van der Waals surface area contributed by atoms with Crippen LogP contribution in [-0.4, -0.2) is 28.7 Å².